The molecule has 1 aliphatic heterocycles. The third kappa shape index (κ3) is 2.80. The molecule has 0 N–H and O–H groups in total. The summed E-state index contributed by atoms with van der Waals surface area (Å²) in [5.41, 5.74) is 3.33. The summed E-state index contributed by atoms with van der Waals surface area (Å²) < 4.78 is 9.85. The minimum Gasteiger partial charge on any atom is -0.378 e. The van der Waals surface area contributed by atoms with E-state index in [-0.39, 0.29) is 12.1 Å². The lowest BCUT2D eigenvalue weighted by atomic mass is 10.0. The van der Waals surface area contributed by atoms with Gasteiger partial charge >= 0.3 is 0 Å². The van der Waals surface area contributed by atoms with Gasteiger partial charge in [-0.25, -0.2) is 14.6 Å². The van der Waals surface area contributed by atoms with Crippen molar-refractivity contribution in [2.75, 3.05) is 6.61 Å². The number of nitriles is 1. The molecule has 3 aromatic heterocycles. The molecule has 5 rings (SSSR count). The summed E-state index contributed by atoms with van der Waals surface area (Å²) in [5, 5.41) is 14.6. The normalized spacial score (nSPS) is 19.9. The van der Waals surface area contributed by atoms with E-state index in [1.54, 1.807) is 17.1 Å². The van der Waals surface area contributed by atoms with Crippen LogP contribution in [0.3, 0.4) is 0 Å². The van der Waals surface area contributed by atoms with Crippen LogP contribution in [0.5, 0.6) is 0 Å². The monoisotopic (exact) mass is 373 g/mol. The summed E-state index contributed by atoms with van der Waals surface area (Å²) in [6.45, 7) is 3.36. The number of nitrogens with zero attached hydrogens (tertiary/aromatic N) is 7. The van der Waals surface area contributed by atoms with Gasteiger partial charge in [-0.3, -0.25) is 4.98 Å². The molecule has 8 nitrogen and oxygen atoms in total. The van der Waals surface area contributed by atoms with Crippen molar-refractivity contribution in [2.24, 2.45) is 0 Å². The topological polar surface area (TPSA) is 94.4 Å². The van der Waals surface area contributed by atoms with E-state index < -0.39 is 0 Å². The lowest BCUT2D eigenvalue weighted by molar-refractivity contribution is 0.00619. The first-order chi connectivity index (χ1) is 13.7. The maximum Gasteiger partial charge on any atom is 0.137 e. The number of aromatic nitrogens is 6. The second kappa shape index (κ2) is 6.69. The van der Waals surface area contributed by atoms with Crippen LogP contribution in [0.4, 0.5) is 0 Å². The fourth-order valence-electron chi connectivity index (χ4n) is 4.07. The Morgan fingerprint density at radius 1 is 1.32 bits per heavy atom. The summed E-state index contributed by atoms with van der Waals surface area (Å²) in [4.78, 5) is 13.5. The van der Waals surface area contributed by atoms with Gasteiger partial charge in [0.05, 0.1) is 35.0 Å². The summed E-state index contributed by atoms with van der Waals surface area (Å²) in [5.74, 6) is 0.913. The van der Waals surface area contributed by atoms with Gasteiger partial charge in [0.1, 0.15) is 30.5 Å². The highest BCUT2D eigenvalue weighted by atomic mass is 16.5. The Kier molecular flexibility index (Phi) is 4.02. The van der Waals surface area contributed by atoms with Gasteiger partial charge in [0.25, 0.3) is 0 Å². The Hall–Kier alpha value is -3.31. The van der Waals surface area contributed by atoms with Gasteiger partial charge in [-0.2, -0.15) is 10.4 Å². The molecule has 4 heterocycles. The highest BCUT2D eigenvalue weighted by Crippen LogP contribution is 2.34. The zero-order chi connectivity index (χ0) is 19.1. The molecular weight excluding hydrogens is 354 g/mol. The van der Waals surface area contributed by atoms with Gasteiger partial charge in [-0.15, -0.1) is 0 Å². The average Bonchev–Trinajstić information content (AvgIpc) is 3.35. The summed E-state index contributed by atoms with van der Waals surface area (Å²) >= 11 is 0. The zero-order valence-corrected chi connectivity index (χ0v) is 15.5. The molecule has 0 bridgehead atoms. The number of imidazole rings is 1. The highest BCUT2D eigenvalue weighted by Gasteiger charge is 2.26. The minimum atomic E-state index is 0.193. The molecule has 4 aromatic rings. The second-order valence-corrected chi connectivity index (χ2v) is 7.19. The molecule has 140 valence electrons. The Morgan fingerprint density at radius 3 is 3.04 bits per heavy atom. The number of benzene rings is 1. The number of pyridine rings is 1. The molecule has 1 aliphatic rings. The van der Waals surface area contributed by atoms with Gasteiger partial charge in [0.2, 0.25) is 0 Å². The van der Waals surface area contributed by atoms with Crippen molar-refractivity contribution in [3.8, 4) is 6.07 Å². The third-order valence-corrected chi connectivity index (χ3v) is 5.31. The maximum atomic E-state index is 9.37. The van der Waals surface area contributed by atoms with Crippen LogP contribution in [0.1, 0.15) is 37.2 Å². The maximum absolute atomic E-state index is 9.37. The number of hydrogen-bond donors (Lipinski definition) is 0. The van der Waals surface area contributed by atoms with Gasteiger partial charge in [-0.05, 0) is 38.0 Å². The van der Waals surface area contributed by atoms with Crippen LogP contribution in [-0.4, -0.2) is 42.0 Å². The molecule has 28 heavy (non-hydrogen) atoms. The van der Waals surface area contributed by atoms with Crippen molar-refractivity contribution in [1.82, 2.24) is 29.3 Å². The SMILES string of the molecule is C[C@@H]1C[C@H](n2c(Cn3cncn3)nc3cnc4ccc(C#N)cc4c32)CCO1. The van der Waals surface area contributed by atoms with Crippen LogP contribution in [0.2, 0.25) is 0 Å². The summed E-state index contributed by atoms with van der Waals surface area (Å²) in [6, 6.07) is 8.11. The fraction of sp³-hybridized carbons (Fsp3) is 0.350. The van der Waals surface area contributed by atoms with Crippen molar-refractivity contribution < 1.29 is 4.74 Å². The molecule has 0 spiro atoms. The first-order valence-electron chi connectivity index (χ1n) is 9.36. The first-order valence-corrected chi connectivity index (χ1v) is 9.36. The molecule has 1 fully saturated rings. The number of hydrogen-bond acceptors (Lipinski definition) is 6. The lowest BCUT2D eigenvalue weighted by Crippen LogP contribution is -2.27. The molecule has 1 aromatic carbocycles. The second-order valence-electron chi connectivity index (χ2n) is 7.19. The van der Waals surface area contributed by atoms with Crippen molar-refractivity contribution in [2.45, 2.75) is 38.5 Å². The van der Waals surface area contributed by atoms with E-state index in [2.05, 4.69) is 32.6 Å². The van der Waals surface area contributed by atoms with Crippen molar-refractivity contribution in [3.63, 3.8) is 0 Å². The smallest absolute Gasteiger partial charge is 0.137 e. The van der Waals surface area contributed by atoms with Crippen LogP contribution in [0, 0.1) is 11.3 Å². The Labute approximate surface area is 161 Å². The molecule has 0 radical (unpaired) electrons. The standard InChI is InChI=1S/C20H19N7O/c1-13-6-15(4-5-28-13)27-19(10-26-12-22-11-24-26)25-18-9-23-17-3-2-14(8-21)7-16(17)20(18)27/h2-3,7,9,11-13,15H,4-6,10H2,1H3/t13-,15-/m1/s1. The molecular formula is C20H19N7O. The zero-order valence-electron chi connectivity index (χ0n) is 15.5. The molecule has 0 amide bonds. The molecule has 0 unspecified atom stereocenters. The molecule has 1 saturated heterocycles. The molecule has 0 saturated carbocycles. The van der Waals surface area contributed by atoms with Crippen LogP contribution in [0.15, 0.2) is 37.1 Å². The largest absolute Gasteiger partial charge is 0.378 e. The first kappa shape index (κ1) is 16.8. The number of ether oxygens (including phenoxy) is 1. The van der Waals surface area contributed by atoms with Gasteiger partial charge in [-0.1, -0.05) is 0 Å². The molecule has 8 heteroatoms. The van der Waals surface area contributed by atoms with E-state index >= 15 is 0 Å². The summed E-state index contributed by atoms with van der Waals surface area (Å²) in [7, 11) is 0. The van der Waals surface area contributed by atoms with Crippen LogP contribution >= 0.6 is 0 Å². The predicted octanol–water partition coefficient (Wildman–Crippen LogP) is 2.84. The quantitative estimate of drug-likeness (QED) is 0.548. The van der Waals surface area contributed by atoms with E-state index in [1.807, 2.05) is 18.3 Å². The van der Waals surface area contributed by atoms with Crippen molar-refractivity contribution in [3.05, 3.63) is 48.4 Å². The molecule has 0 aliphatic carbocycles. The van der Waals surface area contributed by atoms with Crippen molar-refractivity contribution in [1.29, 1.82) is 5.26 Å². The van der Waals surface area contributed by atoms with Crippen LogP contribution in [-0.2, 0) is 11.3 Å². The van der Waals surface area contributed by atoms with Gasteiger partial charge in [0, 0.05) is 18.0 Å². The van der Waals surface area contributed by atoms with E-state index in [0.29, 0.717) is 12.1 Å². The van der Waals surface area contributed by atoms with Crippen molar-refractivity contribution >= 4 is 21.9 Å². The average molecular weight is 373 g/mol. The third-order valence-electron chi connectivity index (χ3n) is 5.31. The van der Waals surface area contributed by atoms with Crippen LogP contribution in [0.25, 0.3) is 21.9 Å². The van der Waals surface area contributed by atoms with Gasteiger partial charge < -0.3 is 9.30 Å². The van der Waals surface area contributed by atoms with E-state index in [4.69, 9.17) is 9.72 Å². The Balaban J connectivity index is 1.77. The summed E-state index contributed by atoms with van der Waals surface area (Å²) in [6.07, 6.45) is 7.06. The number of fused-ring (bicyclic) bond motifs is 3. The van der Waals surface area contributed by atoms with E-state index in [0.717, 1.165) is 47.2 Å². The Bertz CT molecular complexity index is 1190. The van der Waals surface area contributed by atoms with Gasteiger partial charge in [0.15, 0.2) is 0 Å². The van der Waals surface area contributed by atoms with Crippen LogP contribution < -0.4 is 0 Å². The minimum absolute atomic E-state index is 0.193. The lowest BCUT2D eigenvalue weighted by Gasteiger charge is -2.30. The predicted molar refractivity (Wildman–Crippen MR) is 103 cm³/mol. The number of rotatable bonds is 3. The Morgan fingerprint density at radius 2 is 2.25 bits per heavy atom. The molecule has 2 atom stereocenters. The fourth-order valence-corrected chi connectivity index (χ4v) is 4.07. The van der Waals surface area contributed by atoms with E-state index in [1.165, 1.54) is 6.33 Å². The highest BCUT2D eigenvalue weighted by molar-refractivity contribution is 6.02. The van der Waals surface area contributed by atoms with E-state index in [9.17, 15) is 5.26 Å².